The molecule has 2 nitrogen and oxygen atoms in total. The van der Waals surface area contributed by atoms with Gasteiger partial charge in [0.05, 0.1) is 0 Å². The fourth-order valence-electron chi connectivity index (χ4n) is 1.10. The fraction of sp³-hybridized carbons (Fsp3) is 0.286. The number of aliphatic imine (C=N–C) groups is 1. The lowest BCUT2D eigenvalue weighted by atomic mass is 10.5. The minimum Gasteiger partial charge on any atom is -0.333 e. The molecule has 0 aromatic rings. The molecule has 0 saturated heterocycles. The van der Waals surface area contributed by atoms with E-state index in [1.807, 2.05) is 12.3 Å². The summed E-state index contributed by atoms with van der Waals surface area (Å²) < 4.78 is 0. The van der Waals surface area contributed by atoms with Gasteiger partial charge in [-0.2, -0.15) is 0 Å². The molecule has 0 atom stereocenters. The summed E-state index contributed by atoms with van der Waals surface area (Å²) in [6, 6.07) is 0. The van der Waals surface area contributed by atoms with Gasteiger partial charge >= 0.3 is 0 Å². The highest BCUT2D eigenvalue weighted by atomic mass is 15.2. The van der Waals surface area contributed by atoms with Crippen molar-refractivity contribution in [2.75, 3.05) is 6.54 Å². The molecule has 0 bridgehead atoms. The zero-order valence-electron chi connectivity index (χ0n) is 5.12. The van der Waals surface area contributed by atoms with Crippen molar-refractivity contribution in [3.05, 3.63) is 24.2 Å². The van der Waals surface area contributed by atoms with Gasteiger partial charge in [0.2, 0.25) is 0 Å². The minimum absolute atomic E-state index is 1.10. The third-order valence-electron chi connectivity index (χ3n) is 1.55. The summed E-state index contributed by atoms with van der Waals surface area (Å²) in [6.07, 6.45) is 9.14. The van der Waals surface area contributed by atoms with Gasteiger partial charge in [0, 0.05) is 19.0 Å². The van der Waals surface area contributed by atoms with Crippen molar-refractivity contribution in [3.8, 4) is 0 Å². The Kier molecular flexibility index (Phi) is 0.918. The van der Waals surface area contributed by atoms with Crippen LogP contribution in [0.3, 0.4) is 0 Å². The highest BCUT2D eigenvalue weighted by Gasteiger charge is 2.11. The highest BCUT2D eigenvalue weighted by Crippen LogP contribution is 2.17. The van der Waals surface area contributed by atoms with Crippen LogP contribution in [0.5, 0.6) is 0 Å². The van der Waals surface area contributed by atoms with Gasteiger partial charge < -0.3 is 4.90 Å². The Morgan fingerprint density at radius 1 is 1.56 bits per heavy atom. The van der Waals surface area contributed by atoms with E-state index in [1.54, 1.807) is 0 Å². The lowest BCUT2D eigenvalue weighted by molar-refractivity contribution is 0.503. The summed E-state index contributed by atoms with van der Waals surface area (Å²) in [5.74, 6) is 1.11. The van der Waals surface area contributed by atoms with Gasteiger partial charge in [0.25, 0.3) is 0 Å². The topological polar surface area (TPSA) is 15.6 Å². The van der Waals surface area contributed by atoms with Gasteiger partial charge in [0.15, 0.2) is 0 Å². The van der Waals surface area contributed by atoms with Crippen LogP contribution in [0.25, 0.3) is 0 Å². The first-order valence-electron chi connectivity index (χ1n) is 3.14. The standard InChI is InChI=1S/C7H8N2/c1-3-7-8-4-2-6-9(7)5-1/h2-4,6H,1,5H2. The van der Waals surface area contributed by atoms with Crippen LogP contribution in [0.15, 0.2) is 29.2 Å². The van der Waals surface area contributed by atoms with Gasteiger partial charge in [-0.15, -0.1) is 0 Å². The molecule has 0 saturated carbocycles. The van der Waals surface area contributed by atoms with Crippen LogP contribution in [0.4, 0.5) is 0 Å². The van der Waals surface area contributed by atoms with Crippen molar-refractivity contribution in [1.82, 2.24) is 4.90 Å². The monoisotopic (exact) mass is 120 g/mol. The van der Waals surface area contributed by atoms with E-state index in [0.29, 0.717) is 0 Å². The average molecular weight is 120 g/mol. The summed E-state index contributed by atoms with van der Waals surface area (Å²) in [5.41, 5.74) is 0. The lowest BCUT2D eigenvalue weighted by Gasteiger charge is -2.15. The number of hydrogen-bond acceptors (Lipinski definition) is 2. The Morgan fingerprint density at radius 3 is 3.44 bits per heavy atom. The van der Waals surface area contributed by atoms with E-state index in [2.05, 4.69) is 22.2 Å². The molecule has 2 aliphatic rings. The number of allylic oxidation sites excluding steroid dienone is 1. The van der Waals surface area contributed by atoms with Crippen LogP contribution >= 0.6 is 0 Å². The number of nitrogens with zero attached hydrogens (tertiary/aromatic N) is 2. The molecule has 2 heteroatoms. The smallest absolute Gasteiger partial charge is 0.128 e. The van der Waals surface area contributed by atoms with E-state index < -0.39 is 0 Å². The van der Waals surface area contributed by atoms with E-state index in [4.69, 9.17) is 0 Å². The minimum atomic E-state index is 1.10. The van der Waals surface area contributed by atoms with Crippen LogP contribution in [0, 0.1) is 0 Å². The Morgan fingerprint density at radius 2 is 2.56 bits per heavy atom. The molecular formula is C7H8N2. The number of fused-ring (bicyclic) bond motifs is 1. The molecule has 2 aliphatic heterocycles. The Bertz CT molecular complexity index is 198. The van der Waals surface area contributed by atoms with Crippen LogP contribution in [-0.2, 0) is 0 Å². The molecular weight excluding hydrogens is 112 g/mol. The molecule has 0 N–H and O–H groups in total. The lowest BCUT2D eigenvalue weighted by Crippen LogP contribution is -2.12. The van der Waals surface area contributed by atoms with E-state index in [9.17, 15) is 0 Å². The molecule has 0 aromatic heterocycles. The normalized spacial score (nSPS) is 22.2. The average Bonchev–Trinajstić information content (AvgIpc) is 2.33. The Hall–Kier alpha value is -1.05. The molecule has 0 unspecified atom stereocenters. The van der Waals surface area contributed by atoms with Crippen molar-refractivity contribution < 1.29 is 0 Å². The van der Waals surface area contributed by atoms with Crippen molar-refractivity contribution >= 4 is 6.21 Å². The van der Waals surface area contributed by atoms with Crippen LogP contribution in [-0.4, -0.2) is 17.7 Å². The van der Waals surface area contributed by atoms with Crippen LogP contribution < -0.4 is 0 Å². The Labute approximate surface area is 54.2 Å². The van der Waals surface area contributed by atoms with E-state index in [1.165, 1.54) is 0 Å². The maximum absolute atomic E-state index is 4.17. The van der Waals surface area contributed by atoms with Gasteiger partial charge in [0.1, 0.15) is 5.82 Å². The second kappa shape index (κ2) is 1.72. The summed E-state index contributed by atoms with van der Waals surface area (Å²) in [5, 5.41) is 0. The molecule has 0 aromatic carbocycles. The van der Waals surface area contributed by atoms with Crippen LogP contribution in [0.2, 0.25) is 0 Å². The van der Waals surface area contributed by atoms with E-state index in [0.717, 1.165) is 18.8 Å². The summed E-state index contributed by atoms with van der Waals surface area (Å²) in [7, 11) is 0. The zero-order valence-corrected chi connectivity index (χ0v) is 5.12. The molecule has 0 aliphatic carbocycles. The van der Waals surface area contributed by atoms with Gasteiger partial charge in [-0.1, -0.05) is 0 Å². The Balaban J connectivity index is 2.33. The zero-order chi connectivity index (χ0) is 6.10. The van der Waals surface area contributed by atoms with Gasteiger partial charge in [-0.05, 0) is 18.6 Å². The molecule has 2 rings (SSSR count). The summed E-state index contributed by atoms with van der Waals surface area (Å²) in [4.78, 5) is 6.32. The van der Waals surface area contributed by atoms with Crippen molar-refractivity contribution in [2.24, 2.45) is 4.99 Å². The largest absolute Gasteiger partial charge is 0.333 e. The fourth-order valence-corrected chi connectivity index (χ4v) is 1.10. The van der Waals surface area contributed by atoms with E-state index in [-0.39, 0.29) is 0 Å². The molecule has 0 fully saturated rings. The predicted octanol–water partition coefficient (Wildman–Crippen LogP) is 1.13. The van der Waals surface area contributed by atoms with Crippen molar-refractivity contribution in [3.63, 3.8) is 0 Å². The maximum atomic E-state index is 4.17. The molecule has 2 heterocycles. The third-order valence-corrected chi connectivity index (χ3v) is 1.55. The quantitative estimate of drug-likeness (QED) is 0.468. The van der Waals surface area contributed by atoms with Crippen molar-refractivity contribution in [2.45, 2.75) is 6.42 Å². The maximum Gasteiger partial charge on any atom is 0.128 e. The molecule has 0 spiro atoms. The summed E-state index contributed by atoms with van der Waals surface area (Å²) in [6.45, 7) is 1.10. The van der Waals surface area contributed by atoms with Crippen molar-refractivity contribution in [1.29, 1.82) is 0 Å². The first-order valence-corrected chi connectivity index (χ1v) is 3.14. The highest BCUT2D eigenvalue weighted by molar-refractivity contribution is 5.73. The van der Waals surface area contributed by atoms with Gasteiger partial charge in [-0.3, -0.25) is 0 Å². The molecule has 9 heavy (non-hydrogen) atoms. The van der Waals surface area contributed by atoms with Gasteiger partial charge in [-0.25, -0.2) is 4.99 Å². The van der Waals surface area contributed by atoms with Crippen LogP contribution in [0.1, 0.15) is 6.42 Å². The number of hydrogen-bond donors (Lipinski definition) is 0. The second-order valence-corrected chi connectivity index (χ2v) is 2.16. The first-order chi connectivity index (χ1) is 4.47. The molecule has 0 amide bonds. The van der Waals surface area contributed by atoms with E-state index >= 15 is 0 Å². The molecule has 0 radical (unpaired) electrons. The molecule has 46 valence electrons. The second-order valence-electron chi connectivity index (χ2n) is 2.16. The number of rotatable bonds is 0. The predicted molar refractivity (Wildman–Crippen MR) is 37.0 cm³/mol. The third kappa shape index (κ3) is 0.669. The summed E-state index contributed by atoms with van der Waals surface area (Å²) >= 11 is 0. The SMILES string of the molecule is C1=CN2CCC=C2N=C1. The first kappa shape index (κ1) is 4.79.